The van der Waals surface area contributed by atoms with E-state index in [1.807, 2.05) is 0 Å². The van der Waals surface area contributed by atoms with Crippen LogP contribution in [0.3, 0.4) is 0 Å². The van der Waals surface area contributed by atoms with Crippen molar-refractivity contribution in [3.63, 3.8) is 0 Å². The van der Waals surface area contributed by atoms with Crippen LogP contribution in [0.5, 0.6) is 5.75 Å². The molecule has 0 radical (unpaired) electrons. The zero-order valence-corrected chi connectivity index (χ0v) is 20.1. The average molecular weight is 538 g/mol. The third-order valence-corrected chi connectivity index (χ3v) is 5.90. The minimum atomic E-state index is -1.14. The number of hydrogen-bond acceptors (Lipinski definition) is 13. The van der Waals surface area contributed by atoms with Gasteiger partial charge in [-0.3, -0.25) is 9.59 Å². The lowest BCUT2D eigenvalue weighted by Gasteiger charge is -2.13. The minimum absolute atomic E-state index is 0.0202. The molecule has 0 aliphatic carbocycles. The van der Waals surface area contributed by atoms with Crippen LogP contribution in [0.2, 0.25) is 0 Å². The van der Waals surface area contributed by atoms with Gasteiger partial charge in [0.05, 0.1) is 23.0 Å². The van der Waals surface area contributed by atoms with Gasteiger partial charge in [0.1, 0.15) is 17.9 Å². The van der Waals surface area contributed by atoms with Crippen LogP contribution in [0, 0.1) is 20.2 Å². The molecule has 1 atom stereocenters. The maximum atomic E-state index is 12.4. The van der Waals surface area contributed by atoms with Crippen LogP contribution in [-0.4, -0.2) is 64.1 Å². The van der Waals surface area contributed by atoms with Crippen molar-refractivity contribution in [2.75, 3.05) is 37.1 Å². The average Bonchev–Trinajstić information content (AvgIpc) is 2.77. The van der Waals surface area contributed by atoms with Crippen molar-refractivity contribution in [2.24, 2.45) is 0 Å². The Hall–Kier alpha value is -3.47. The first kappa shape index (κ1) is 29.6. The van der Waals surface area contributed by atoms with Crippen molar-refractivity contribution in [2.45, 2.75) is 25.7 Å². The molecule has 0 heterocycles. The fourth-order valence-electron chi connectivity index (χ4n) is 2.34. The first-order chi connectivity index (χ1) is 16.6. The summed E-state index contributed by atoms with van der Waals surface area (Å²) in [5, 5.41) is 20.8. The van der Waals surface area contributed by atoms with Crippen LogP contribution >= 0.6 is 10.8 Å². The van der Waals surface area contributed by atoms with Crippen LogP contribution in [0.25, 0.3) is 0 Å². The Morgan fingerprint density at radius 3 is 2.26 bits per heavy atom. The van der Waals surface area contributed by atoms with Crippen LogP contribution in [0.15, 0.2) is 18.2 Å². The Balaban J connectivity index is 2.84. The van der Waals surface area contributed by atoms with E-state index in [9.17, 15) is 38.8 Å². The molecule has 0 aromatic heterocycles. The summed E-state index contributed by atoms with van der Waals surface area (Å²) in [7, 11) is -0.0652. The van der Waals surface area contributed by atoms with Gasteiger partial charge in [0.15, 0.2) is 0 Å². The Labute approximate surface area is 204 Å². The fourth-order valence-corrected chi connectivity index (χ4v) is 3.64. The number of rotatable bonds is 17. The van der Waals surface area contributed by atoms with Crippen molar-refractivity contribution in [1.82, 2.24) is 0 Å². The van der Waals surface area contributed by atoms with Crippen LogP contribution in [0.4, 0.5) is 5.69 Å². The SMILES string of the molecule is CS(=O)SCCOC(=O)c1ccc(NC(=O)CCCO[N+](=O)[O-])cc1OC(=O)CCCO[N+](=O)[O-]. The third kappa shape index (κ3) is 13.7. The van der Waals surface area contributed by atoms with E-state index in [4.69, 9.17) is 9.47 Å². The Morgan fingerprint density at radius 1 is 1.03 bits per heavy atom. The second-order valence-corrected chi connectivity index (χ2v) is 9.98. The number of esters is 2. The van der Waals surface area contributed by atoms with Gasteiger partial charge >= 0.3 is 11.9 Å². The van der Waals surface area contributed by atoms with Crippen molar-refractivity contribution in [3.8, 4) is 5.75 Å². The van der Waals surface area contributed by atoms with Gasteiger partial charge in [0.25, 0.3) is 10.2 Å². The van der Waals surface area contributed by atoms with E-state index < -0.39 is 37.9 Å². The molecule has 1 rings (SSSR count). The van der Waals surface area contributed by atoms with E-state index in [2.05, 4.69) is 15.0 Å². The van der Waals surface area contributed by atoms with E-state index >= 15 is 0 Å². The highest BCUT2D eigenvalue weighted by molar-refractivity contribution is 8.68. The summed E-state index contributed by atoms with van der Waals surface area (Å²) in [5.74, 6) is -2.11. The summed E-state index contributed by atoms with van der Waals surface area (Å²) >= 11 is 0. The zero-order valence-electron chi connectivity index (χ0n) is 18.5. The number of carbonyl (C=O) groups is 3. The number of ether oxygens (including phenoxy) is 2. The molecule has 0 spiro atoms. The van der Waals surface area contributed by atoms with Crippen molar-refractivity contribution < 1.29 is 47.9 Å². The number of carbonyl (C=O) groups excluding carboxylic acids is 3. The molecule has 0 saturated carbocycles. The molecular formula is C18H23N3O12S2. The summed E-state index contributed by atoms with van der Waals surface area (Å²) in [4.78, 5) is 65.1. The fraction of sp³-hybridized carbons (Fsp3) is 0.500. The van der Waals surface area contributed by atoms with E-state index in [1.165, 1.54) is 24.5 Å². The highest BCUT2D eigenvalue weighted by Gasteiger charge is 2.19. The van der Waals surface area contributed by atoms with Crippen LogP contribution in [0.1, 0.15) is 36.0 Å². The third-order valence-electron chi connectivity index (χ3n) is 3.74. The van der Waals surface area contributed by atoms with Gasteiger partial charge in [0.2, 0.25) is 5.91 Å². The molecule has 1 unspecified atom stereocenters. The topological polar surface area (TPSA) is 204 Å². The molecule has 1 aromatic carbocycles. The second-order valence-electron chi connectivity index (χ2n) is 6.41. The monoisotopic (exact) mass is 537 g/mol. The largest absolute Gasteiger partial charge is 0.461 e. The summed E-state index contributed by atoms with van der Waals surface area (Å²) in [6.07, 6.45) is 1.18. The summed E-state index contributed by atoms with van der Waals surface area (Å²) in [6.45, 7) is -0.652. The van der Waals surface area contributed by atoms with Crippen LogP contribution in [-0.2, 0) is 33.8 Å². The highest BCUT2D eigenvalue weighted by Crippen LogP contribution is 2.25. The summed E-state index contributed by atoms with van der Waals surface area (Å²) in [6, 6.07) is 3.83. The van der Waals surface area contributed by atoms with Gasteiger partial charge in [-0.15, -0.1) is 20.2 Å². The molecule has 0 aliphatic heterocycles. The molecular weight excluding hydrogens is 514 g/mol. The molecule has 194 valence electrons. The summed E-state index contributed by atoms with van der Waals surface area (Å²) in [5.41, 5.74) is 0.0399. The maximum absolute atomic E-state index is 12.4. The summed E-state index contributed by atoms with van der Waals surface area (Å²) < 4.78 is 21.4. The van der Waals surface area contributed by atoms with Gasteiger partial charge < -0.3 is 24.5 Å². The lowest BCUT2D eigenvalue weighted by Crippen LogP contribution is -2.16. The van der Waals surface area contributed by atoms with Crippen molar-refractivity contribution >= 4 is 44.2 Å². The van der Waals surface area contributed by atoms with Crippen molar-refractivity contribution in [3.05, 3.63) is 44.0 Å². The molecule has 0 fully saturated rings. The lowest BCUT2D eigenvalue weighted by atomic mass is 10.1. The predicted molar refractivity (Wildman–Crippen MR) is 122 cm³/mol. The molecule has 1 N–H and O–H groups in total. The predicted octanol–water partition coefficient (Wildman–Crippen LogP) is 1.69. The molecule has 17 heteroatoms. The van der Waals surface area contributed by atoms with E-state index in [0.29, 0.717) is 0 Å². The van der Waals surface area contributed by atoms with Gasteiger partial charge in [0, 0.05) is 36.6 Å². The first-order valence-corrected chi connectivity index (χ1v) is 13.0. The van der Waals surface area contributed by atoms with E-state index in [-0.39, 0.29) is 68.3 Å². The van der Waals surface area contributed by atoms with Gasteiger partial charge in [-0.1, -0.05) is 10.8 Å². The number of anilines is 1. The maximum Gasteiger partial charge on any atom is 0.341 e. The quantitative estimate of drug-likeness (QED) is 0.0751. The molecule has 15 nitrogen and oxygen atoms in total. The molecule has 1 aromatic rings. The minimum Gasteiger partial charge on any atom is -0.461 e. The number of nitrogens with one attached hydrogen (secondary N) is 1. The molecule has 0 bridgehead atoms. The standard InChI is InChI=1S/C18H23N3O12S2/c1-35(29)34-11-10-30-18(24)14-7-6-13(19-16(22)4-2-8-31-20(25)26)12-15(14)33-17(23)5-3-9-32-21(27)28/h6-7,12H,2-5,8-11H2,1H3,(H,19,22). The van der Waals surface area contributed by atoms with Crippen LogP contribution < -0.4 is 10.1 Å². The molecule has 0 aliphatic rings. The second kappa shape index (κ2) is 16.2. The van der Waals surface area contributed by atoms with Gasteiger partial charge in [-0.2, -0.15) is 0 Å². The van der Waals surface area contributed by atoms with Crippen molar-refractivity contribution in [1.29, 1.82) is 0 Å². The molecule has 35 heavy (non-hydrogen) atoms. The number of amides is 1. The zero-order chi connectivity index (χ0) is 26.2. The smallest absolute Gasteiger partial charge is 0.341 e. The normalized spacial score (nSPS) is 11.1. The van der Waals surface area contributed by atoms with Gasteiger partial charge in [-0.25, -0.2) is 9.00 Å². The highest BCUT2D eigenvalue weighted by atomic mass is 33.1. The number of hydrogen-bond donors (Lipinski definition) is 1. The van der Waals surface area contributed by atoms with E-state index in [0.717, 1.165) is 10.8 Å². The lowest BCUT2D eigenvalue weighted by molar-refractivity contribution is -0.757. The first-order valence-electron chi connectivity index (χ1n) is 9.91. The Bertz CT molecular complexity index is 943. The Kier molecular flexibility index (Phi) is 13.7. The van der Waals surface area contributed by atoms with Gasteiger partial charge in [-0.05, 0) is 25.0 Å². The number of benzene rings is 1. The molecule has 1 amide bonds. The van der Waals surface area contributed by atoms with E-state index in [1.54, 1.807) is 0 Å². The Morgan fingerprint density at radius 2 is 1.66 bits per heavy atom. The number of nitrogens with zero attached hydrogens (tertiary/aromatic N) is 2. The molecule has 0 saturated heterocycles.